The Bertz CT molecular complexity index is 1540. The van der Waals surface area contributed by atoms with Crippen molar-refractivity contribution in [1.29, 1.82) is 0 Å². The Hall–Kier alpha value is -4.09. The van der Waals surface area contributed by atoms with Crippen LogP contribution in [0.5, 0.6) is 5.75 Å². The van der Waals surface area contributed by atoms with Gasteiger partial charge < -0.3 is 25.6 Å². The van der Waals surface area contributed by atoms with Crippen LogP contribution in [0, 0.1) is 11.6 Å². The average molecular weight is 550 g/mol. The van der Waals surface area contributed by atoms with Crippen LogP contribution >= 0.6 is 0 Å². The maximum atomic E-state index is 15.3. The Labute approximate surface area is 231 Å². The van der Waals surface area contributed by atoms with E-state index in [0.29, 0.717) is 34.3 Å². The number of nitrogens with two attached hydrogens (primary N) is 1. The predicted octanol–water partition coefficient (Wildman–Crippen LogP) is 3.93. The number of H-pyrrole nitrogens is 1. The number of nitrogens with one attached hydrogen (secondary N) is 2. The van der Waals surface area contributed by atoms with Crippen molar-refractivity contribution < 1.29 is 18.3 Å². The number of carbonyl (C=O) groups is 1. The molecule has 1 amide bonds. The summed E-state index contributed by atoms with van der Waals surface area (Å²) in [6.45, 7) is 7.50. The molecule has 0 saturated carbocycles. The Morgan fingerprint density at radius 2 is 1.82 bits per heavy atom. The summed E-state index contributed by atoms with van der Waals surface area (Å²) in [6.07, 6.45) is 1.49. The minimum absolute atomic E-state index is 0.125. The van der Waals surface area contributed by atoms with Gasteiger partial charge in [0.2, 0.25) is 0 Å². The van der Waals surface area contributed by atoms with Crippen LogP contribution in [0.3, 0.4) is 0 Å². The molecule has 0 unspecified atom stereocenters. The fourth-order valence-corrected chi connectivity index (χ4v) is 5.06. The van der Waals surface area contributed by atoms with E-state index in [9.17, 15) is 4.79 Å². The number of aromatic nitrogens is 3. The molecule has 0 atom stereocenters. The minimum atomic E-state index is -0.705. The number of aromatic amines is 1. The molecule has 4 aromatic rings. The van der Waals surface area contributed by atoms with E-state index in [1.807, 2.05) is 19.9 Å². The number of primary amides is 1. The molecule has 3 heterocycles. The molecular weight excluding hydrogens is 516 g/mol. The minimum Gasteiger partial charge on any atom is -0.495 e. The molecule has 1 aliphatic rings. The molecule has 0 aliphatic carbocycles. The van der Waals surface area contributed by atoms with Crippen molar-refractivity contribution in [2.45, 2.75) is 26.4 Å². The van der Waals surface area contributed by atoms with Crippen LogP contribution in [0.1, 0.15) is 29.8 Å². The standard InChI is InChI=1S/C29H33F2N7O2/c1-16(2)33-14-17-11-20(30)25(21(31)12-17)22-13-19-23(15-34-22)35-36-27(19)26-24(38-9-7-37(3)8-10-38)6-5-18(29(32)39)28(26)40-4/h5-6,11-13,15-16,33H,7-10,14H2,1-4H3,(H2,32,39)(H,35,36). The van der Waals surface area contributed by atoms with E-state index < -0.39 is 17.5 Å². The summed E-state index contributed by atoms with van der Waals surface area (Å²) >= 11 is 0. The van der Waals surface area contributed by atoms with Gasteiger partial charge in [0.25, 0.3) is 5.91 Å². The van der Waals surface area contributed by atoms with Crippen molar-refractivity contribution in [2.24, 2.45) is 5.73 Å². The lowest BCUT2D eigenvalue weighted by Crippen LogP contribution is -2.44. The molecule has 4 N–H and O–H groups in total. The first-order chi connectivity index (χ1) is 19.2. The maximum absolute atomic E-state index is 15.3. The highest BCUT2D eigenvalue weighted by Gasteiger charge is 2.27. The lowest BCUT2D eigenvalue weighted by atomic mass is 9.98. The number of amides is 1. The third-order valence-corrected chi connectivity index (χ3v) is 7.21. The Morgan fingerprint density at radius 3 is 2.45 bits per heavy atom. The molecule has 0 bridgehead atoms. The van der Waals surface area contributed by atoms with E-state index in [-0.39, 0.29) is 28.6 Å². The summed E-state index contributed by atoms with van der Waals surface area (Å²) < 4.78 is 36.2. The molecule has 1 fully saturated rings. The van der Waals surface area contributed by atoms with Crippen molar-refractivity contribution in [3.05, 3.63) is 59.3 Å². The fraction of sp³-hybridized carbons (Fsp3) is 0.345. The van der Waals surface area contributed by atoms with Crippen molar-refractivity contribution in [3.8, 4) is 28.3 Å². The predicted molar refractivity (Wildman–Crippen MR) is 151 cm³/mol. The second-order valence-corrected chi connectivity index (χ2v) is 10.4. The number of ether oxygens (including phenoxy) is 1. The molecule has 2 aromatic heterocycles. The zero-order valence-electron chi connectivity index (χ0n) is 23.0. The van der Waals surface area contributed by atoms with E-state index in [1.54, 1.807) is 12.1 Å². The van der Waals surface area contributed by atoms with Gasteiger partial charge in [-0.25, -0.2) is 8.78 Å². The van der Waals surface area contributed by atoms with Gasteiger partial charge in [0.05, 0.1) is 46.9 Å². The first kappa shape index (κ1) is 27.5. The fourth-order valence-electron chi connectivity index (χ4n) is 5.06. The number of rotatable bonds is 8. The quantitative estimate of drug-likeness (QED) is 0.305. The summed E-state index contributed by atoms with van der Waals surface area (Å²) in [4.78, 5) is 21.1. The number of methoxy groups -OCH3 is 1. The highest BCUT2D eigenvalue weighted by molar-refractivity contribution is 6.05. The number of likely N-dealkylation sites (N-methyl/N-ethyl adjacent to an activating group) is 1. The van der Waals surface area contributed by atoms with Crippen LogP contribution in [-0.4, -0.2) is 72.4 Å². The first-order valence-corrected chi connectivity index (χ1v) is 13.2. The average Bonchev–Trinajstić information content (AvgIpc) is 3.34. The van der Waals surface area contributed by atoms with Gasteiger partial charge in [0, 0.05) is 44.2 Å². The lowest BCUT2D eigenvalue weighted by Gasteiger charge is -2.35. The zero-order chi connectivity index (χ0) is 28.6. The monoisotopic (exact) mass is 549 g/mol. The summed E-state index contributed by atoms with van der Waals surface area (Å²) in [5.41, 5.74) is 8.73. The number of anilines is 1. The second-order valence-electron chi connectivity index (χ2n) is 10.4. The van der Waals surface area contributed by atoms with Gasteiger partial charge in [0.1, 0.15) is 23.1 Å². The SMILES string of the molecule is COc1c(C(N)=O)ccc(N2CCN(C)CC2)c1-c1n[nH]c2cnc(-c3c(F)cc(CNC(C)C)cc3F)cc12. The molecule has 9 nitrogen and oxygen atoms in total. The Morgan fingerprint density at radius 1 is 1.12 bits per heavy atom. The van der Waals surface area contributed by atoms with Gasteiger partial charge in [0.15, 0.2) is 0 Å². The zero-order valence-corrected chi connectivity index (χ0v) is 23.0. The van der Waals surface area contributed by atoms with E-state index in [2.05, 4.69) is 37.3 Å². The van der Waals surface area contributed by atoms with Crippen LogP contribution < -0.4 is 20.7 Å². The molecule has 210 valence electrons. The number of halogens is 2. The molecular formula is C29H33F2N7O2. The number of fused-ring (bicyclic) bond motifs is 1. The second kappa shape index (κ2) is 11.2. The number of pyridine rings is 1. The van der Waals surface area contributed by atoms with Gasteiger partial charge in [-0.2, -0.15) is 5.10 Å². The number of carbonyl (C=O) groups excluding carboxylic acids is 1. The molecule has 11 heteroatoms. The first-order valence-electron chi connectivity index (χ1n) is 13.2. The number of piperazine rings is 1. The molecule has 1 aliphatic heterocycles. The molecule has 0 spiro atoms. The summed E-state index contributed by atoms with van der Waals surface area (Å²) in [7, 11) is 3.54. The smallest absolute Gasteiger partial charge is 0.252 e. The number of benzene rings is 2. The van der Waals surface area contributed by atoms with Crippen LogP contribution in [-0.2, 0) is 6.54 Å². The van der Waals surface area contributed by atoms with Gasteiger partial charge in [-0.05, 0) is 42.9 Å². The van der Waals surface area contributed by atoms with Gasteiger partial charge in [-0.15, -0.1) is 0 Å². The molecule has 2 aromatic carbocycles. The van der Waals surface area contributed by atoms with E-state index >= 15 is 8.78 Å². The summed E-state index contributed by atoms with van der Waals surface area (Å²) in [6, 6.07) is 7.92. The van der Waals surface area contributed by atoms with E-state index in [0.717, 1.165) is 31.9 Å². The van der Waals surface area contributed by atoms with Gasteiger partial charge in [-0.3, -0.25) is 14.9 Å². The summed E-state index contributed by atoms with van der Waals surface area (Å²) in [5, 5.41) is 11.3. The molecule has 40 heavy (non-hydrogen) atoms. The van der Waals surface area contributed by atoms with Crippen LogP contribution in [0.4, 0.5) is 14.5 Å². The number of nitrogens with zero attached hydrogens (tertiary/aromatic N) is 4. The van der Waals surface area contributed by atoms with Crippen LogP contribution in [0.25, 0.3) is 33.4 Å². The third kappa shape index (κ3) is 5.22. The summed E-state index contributed by atoms with van der Waals surface area (Å²) in [5.74, 6) is -1.76. The Balaban J connectivity index is 1.66. The molecule has 5 rings (SSSR count). The van der Waals surface area contributed by atoms with Crippen molar-refractivity contribution in [1.82, 2.24) is 25.4 Å². The van der Waals surface area contributed by atoms with Crippen LogP contribution in [0.2, 0.25) is 0 Å². The Kier molecular flexibility index (Phi) is 7.68. The van der Waals surface area contributed by atoms with Crippen molar-refractivity contribution in [3.63, 3.8) is 0 Å². The van der Waals surface area contributed by atoms with E-state index in [1.165, 1.54) is 25.4 Å². The van der Waals surface area contributed by atoms with Crippen LogP contribution in [0.15, 0.2) is 36.5 Å². The maximum Gasteiger partial charge on any atom is 0.252 e. The van der Waals surface area contributed by atoms with Gasteiger partial charge in [-0.1, -0.05) is 13.8 Å². The molecule has 1 saturated heterocycles. The van der Waals surface area contributed by atoms with E-state index in [4.69, 9.17) is 10.5 Å². The van der Waals surface area contributed by atoms with Gasteiger partial charge >= 0.3 is 0 Å². The van der Waals surface area contributed by atoms with Crippen molar-refractivity contribution in [2.75, 3.05) is 45.2 Å². The highest BCUT2D eigenvalue weighted by Crippen LogP contribution is 2.43. The largest absolute Gasteiger partial charge is 0.495 e. The lowest BCUT2D eigenvalue weighted by molar-refractivity contribution is 0.0997. The highest BCUT2D eigenvalue weighted by atomic mass is 19.1. The number of hydrogen-bond acceptors (Lipinski definition) is 7. The third-order valence-electron chi connectivity index (χ3n) is 7.21. The topological polar surface area (TPSA) is 112 Å². The molecule has 0 radical (unpaired) electrons. The number of hydrogen-bond donors (Lipinski definition) is 3. The van der Waals surface area contributed by atoms with Crippen molar-refractivity contribution >= 4 is 22.5 Å². The normalized spacial score (nSPS) is 14.3.